The summed E-state index contributed by atoms with van der Waals surface area (Å²) < 4.78 is 44.1. The first-order valence-electron chi connectivity index (χ1n) is 16.2. The zero-order valence-electron chi connectivity index (χ0n) is 29.1. The van der Waals surface area contributed by atoms with E-state index in [1.54, 1.807) is 66.7 Å². The van der Waals surface area contributed by atoms with Crippen molar-refractivity contribution in [1.82, 2.24) is 25.2 Å². The van der Waals surface area contributed by atoms with E-state index in [2.05, 4.69) is 20.3 Å². The topological polar surface area (TPSA) is 182 Å². The number of sulfonamides is 1. The summed E-state index contributed by atoms with van der Waals surface area (Å²) in [7, 11) is -2.34. The molecule has 0 unspecified atom stereocenters. The average Bonchev–Trinajstić information content (AvgIpc) is 3.78. The summed E-state index contributed by atoms with van der Waals surface area (Å²) in [5, 5.41) is 6.35. The van der Waals surface area contributed by atoms with Gasteiger partial charge in [0.25, 0.3) is 5.91 Å². The fraction of sp³-hybridized carbons (Fsp3) is 0.606. The van der Waals surface area contributed by atoms with Gasteiger partial charge in [0.05, 0.1) is 25.1 Å². The number of halogens is 1. The lowest BCUT2D eigenvalue weighted by Gasteiger charge is -2.35. The molecular weight excluding hydrogens is 678 g/mol. The van der Waals surface area contributed by atoms with Gasteiger partial charge in [-0.3, -0.25) is 19.1 Å². The molecule has 1 aromatic heterocycles. The van der Waals surface area contributed by atoms with Crippen LogP contribution in [0.1, 0.15) is 74.1 Å². The first kappa shape index (κ1) is 38.0. The summed E-state index contributed by atoms with van der Waals surface area (Å²) in [4.78, 5) is 59.8. The van der Waals surface area contributed by atoms with Gasteiger partial charge in [-0.1, -0.05) is 39.3 Å². The number of hydrogen-bond acceptors (Lipinski definition) is 10. The summed E-state index contributed by atoms with van der Waals surface area (Å²) in [6.45, 7) is 11.9. The number of likely N-dealkylation sites (tertiary alicyclic amines) is 1. The lowest BCUT2D eigenvalue weighted by Crippen LogP contribution is -2.59. The minimum absolute atomic E-state index is 0.00489. The zero-order chi connectivity index (χ0) is 36.5. The lowest BCUT2D eigenvalue weighted by molar-refractivity contribution is -0.142. The van der Waals surface area contributed by atoms with Gasteiger partial charge in [0.15, 0.2) is 0 Å². The van der Waals surface area contributed by atoms with Gasteiger partial charge < -0.3 is 29.7 Å². The van der Waals surface area contributed by atoms with Crippen LogP contribution < -0.4 is 24.8 Å². The first-order valence-corrected chi connectivity index (χ1v) is 18.1. The number of alkyl carbamates (subject to hydrolysis) is 1. The standard InChI is InChI=1S/C33H46ClN5O9S/c1-9-23(27(40)38-49(44,45)20-11-12-20)36-28(41)24-15-19(47-29-22-14-18(34)10-13-21(22)25(46-8)16-35-29)17-39(24)30(42)26(32(2,3)4)37-31(43)48-33(5,6)7/h10,13-14,16,19-20,23-24,26H,9,11-12,15,17H2,1-8H3,(H,36,41)(H,37,43)(H,38,40)/t19-,23+,24+,26-/m1/s1. The Morgan fingerprint density at radius 3 is 2.31 bits per heavy atom. The lowest BCUT2D eigenvalue weighted by atomic mass is 9.85. The van der Waals surface area contributed by atoms with E-state index in [1.807, 2.05) is 0 Å². The Morgan fingerprint density at radius 2 is 1.73 bits per heavy atom. The molecule has 0 radical (unpaired) electrons. The van der Waals surface area contributed by atoms with Crippen molar-refractivity contribution < 1.29 is 41.8 Å². The Morgan fingerprint density at radius 1 is 1.06 bits per heavy atom. The molecule has 270 valence electrons. The van der Waals surface area contributed by atoms with Crippen molar-refractivity contribution in [2.24, 2.45) is 5.41 Å². The van der Waals surface area contributed by atoms with Crippen molar-refractivity contribution >= 4 is 56.2 Å². The fourth-order valence-corrected chi connectivity index (χ4v) is 7.01. The number of rotatable bonds is 11. The molecule has 1 aliphatic heterocycles. The third kappa shape index (κ3) is 9.44. The third-order valence-corrected chi connectivity index (χ3v) is 10.2. The van der Waals surface area contributed by atoms with Crippen LogP contribution in [0.4, 0.5) is 4.79 Å². The van der Waals surface area contributed by atoms with Crippen LogP contribution in [-0.4, -0.2) is 90.9 Å². The second kappa shape index (κ2) is 14.6. The van der Waals surface area contributed by atoms with E-state index in [4.69, 9.17) is 25.8 Å². The number of aromatic nitrogens is 1. The summed E-state index contributed by atoms with van der Waals surface area (Å²) in [6.07, 6.45) is 0.939. The van der Waals surface area contributed by atoms with E-state index in [0.29, 0.717) is 34.4 Å². The number of methoxy groups -OCH3 is 1. The highest BCUT2D eigenvalue weighted by Gasteiger charge is 2.47. The van der Waals surface area contributed by atoms with Crippen LogP contribution in [-0.2, 0) is 29.1 Å². The van der Waals surface area contributed by atoms with E-state index in [9.17, 15) is 27.6 Å². The quantitative estimate of drug-likeness (QED) is 0.309. The molecule has 0 bridgehead atoms. The normalized spacial score (nSPS) is 19.5. The number of fused-ring (bicyclic) bond motifs is 1. The minimum atomic E-state index is -3.86. The molecule has 2 aliphatic rings. The highest BCUT2D eigenvalue weighted by atomic mass is 35.5. The number of amides is 4. The fourth-order valence-electron chi connectivity index (χ4n) is 5.49. The van der Waals surface area contributed by atoms with Crippen molar-refractivity contribution in [2.45, 2.75) is 109 Å². The molecule has 1 saturated carbocycles. The number of hydrogen-bond donors (Lipinski definition) is 3. The van der Waals surface area contributed by atoms with Crippen molar-refractivity contribution in [1.29, 1.82) is 0 Å². The first-order chi connectivity index (χ1) is 22.7. The second-order valence-electron chi connectivity index (χ2n) is 14.4. The molecule has 4 rings (SSSR count). The van der Waals surface area contributed by atoms with Gasteiger partial charge >= 0.3 is 6.09 Å². The highest BCUT2D eigenvalue weighted by Crippen LogP contribution is 2.35. The molecule has 3 N–H and O–H groups in total. The summed E-state index contributed by atoms with van der Waals surface area (Å²) in [6, 6.07) is 1.67. The van der Waals surface area contributed by atoms with Gasteiger partial charge in [0.2, 0.25) is 27.7 Å². The summed E-state index contributed by atoms with van der Waals surface area (Å²) >= 11 is 6.29. The number of ether oxygens (including phenoxy) is 3. The maximum atomic E-state index is 14.3. The Hall–Kier alpha value is -3.85. The summed E-state index contributed by atoms with van der Waals surface area (Å²) in [5.41, 5.74) is -1.65. The SMILES string of the molecule is CC[C@H](NC(=O)[C@@H]1C[C@@H](Oc2ncc(OC)c3ccc(Cl)cc23)CN1C(=O)[C@@H](NC(=O)OC(C)(C)C)C(C)(C)C)C(=O)NS(=O)(=O)C1CC1. The van der Waals surface area contributed by atoms with Crippen LogP contribution in [0.5, 0.6) is 11.6 Å². The number of benzene rings is 1. The third-order valence-electron chi connectivity index (χ3n) is 8.14. The van der Waals surface area contributed by atoms with Crippen molar-refractivity contribution in [3.63, 3.8) is 0 Å². The maximum Gasteiger partial charge on any atom is 0.408 e. The molecule has 2 aromatic rings. The van der Waals surface area contributed by atoms with Crippen LogP contribution in [0.3, 0.4) is 0 Å². The molecule has 1 aromatic carbocycles. The van der Waals surface area contributed by atoms with Crippen LogP contribution in [0.15, 0.2) is 24.4 Å². The molecular formula is C33H46ClN5O9S. The van der Waals surface area contributed by atoms with Crippen LogP contribution in [0.2, 0.25) is 5.02 Å². The predicted molar refractivity (Wildman–Crippen MR) is 183 cm³/mol. The van der Waals surface area contributed by atoms with Crippen LogP contribution >= 0.6 is 11.6 Å². The number of pyridine rings is 1. The van der Waals surface area contributed by atoms with Crippen molar-refractivity contribution in [2.75, 3.05) is 13.7 Å². The second-order valence-corrected chi connectivity index (χ2v) is 16.8. The molecule has 49 heavy (non-hydrogen) atoms. The Labute approximate surface area is 292 Å². The average molecular weight is 724 g/mol. The van der Waals surface area contributed by atoms with Crippen LogP contribution in [0.25, 0.3) is 10.8 Å². The van der Waals surface area contributed by atoms with Gasteiger partial charge in [-0.25, -0.2) is 18.2 Å². The number of carbonyl (C=O) groups excluding carboxylic acids is 4. The Bertz CT molecular complexity index is 1700. The van der Waals surface area contributed by atoms with E-state index >= 15 is 0 Å². The van der Waals surface area contributed by atoms with E-state index < -0.39 is 74.3 Å². The molecule has 14 nitrogen and oxygen atoms in total. The maximum absolute atomic E-state index is 14.3. The van der Waals surface area contributed by atoms with Gasteiger partial charge in [0, 0.05) is 22.2 Å². The van der Waals surface area contributed by atoms with Gasteiger partial charge in [0.1, 0.15) is 35.6 Å². The van der Waals surface area contributed by atoms with Gasteiger partial charge in [-0.2, -0.15) is 0 Å². The van der Waals surface area contributed by atoms with Gasteiger partial charge in [-0.05, 0) is 63.6 Å². The molecule has 1 saturated heterocycles. The zero-order valence-corrected chi connectivity index (χ0v) is 30.7. The predicted octanol–water partition coefficient (Wildman–Crippen LogP) is 3.69. The molecule has 2 heterocycles. The number of carbonyl (C=O) groups is 4. The van der Waals surface area contributed by atoms with E-state index in [-0.39, 0.29) is 25.3 Å². The minimum Gasteiger partial charge on any atom is -0.494 e. The highest BCUT2D eigenvalue weighted by molar-refractivity contribution is 7.90. The monoisotopic (exact) mass is 723 g/mol. The van der Waals surface area contributed by atoms with Crippen molar-refractivity contribution in [3.05, 3.63) is 29.4 Å². The number of nitrogens with zero attached hydrogens (tertiary/aromatic N) is 2. The molecule has 1 aliphatic carbocycles. The Kier molecular flexibility index (Phi) is 11.3. The van der Waals surface area contributed by atoms with Gasteiger partial charge in [-0.15, -0.1) is 0 Å². The molecule has 2 fully saturated rings. The van der Waals surface area contributed by atoms with E-state index in [0.717, 1.165) is 0 Å². The largest absolute Gasteiger partial charge is 0.494 e. The smallest absolute Gasteiger partial charge is 0.408 e. The molecule has 16 heteroatoms. The molecule has 4 atom stereocenters. The van der Waals surface area contributed by atoms with Crippen molar-refractivity contribution in [3.8, 4) is 11.6 Å². The Balaban J connectivity index is 1.65. The van der Waals surface area contributed by atoms with E-state index in [1.165, 1.54) is 18.2 Å². The molecule has 0 spiro atoms. The molecule has 4 amide bonds. The number of nitrogens with one attached hydrogen (secondary N) is 3. The van der Waals surface area contributed by atoms with Crippen LogP contribution in [0, 0.1) is 5.41 Å². The summed E-state index contributed by atoms with van der Waals surface area (Å²) in [5.74, 6) is -1.43.